The molecule has 0 atom stereocenters. The van der Waals surface area contributed by atoms with Gasteiger partial charge >= 0.3 is 0 Å². The maximum absolute atomic E-state index is 13.0. The number of rotatable bonds is 8. The largest absolute Gasteiger partial charge is 0.491 e. The van der Waals surface area contributed by atoms with Crippen molar-refractivity contribution in [2.24, 2.45) is 0 Å². The van der Waals surface area contributed by atoms with Crippen LogP contribution in [0.1, 0.15) is 11.5 Å². The van der Waals surface area contributed by atoms with Gasteiger partial charge in [-0.2, -0.15) is 0 Å². The molecule has 1 aromatic heterocycles. The van der Waals surface area contributed by atoms with E-state index in [-0.39, 0.29) is 24.8 Å². The topological polar surface area (TPSA) is 73.6 Å². The van der Waals surface area contributed by atoms with Gasteiger partial charge in [-0.25, -0.2) is 14.9 Å². The first-order valence-electron chi connectivity index (χ1n) is 8.42. The fraction of sp³-hybridized carbons (Fsp3) is 0.200. The number of nitrogens with zero attached hydrogens (tertiary/aromatic N) is 1. The number of benzene rings is 2. The summed E-state index contributed by atoms with van der Waals surface area (Å²) < 4.78 is 24.0. The number of halogens is 1. The molecule has 1 heterocycles. The molecule has 0 fully saturated rings. The lowest BCUT2D eigenvalue weighted by Gasteiger charge is -2.07. The number of carbonyl (C=O) groups is 1. The van der Waals surface area contributed by atoms with E-state index in [1.54, 1.807) is 19.1 Å². The highest BCUT2D eigenvalue weighted by Gasteiger charge is 2.15. The van der Waals surface area contributed by atoms with E-state index in [0.717, 1.165) is 5.75 Å². The molecule has 27 heavy (non-hydrogen) atoms. The van der Waals surface area contributed by atoms with E-state index in [9.17, 15) is 9.18 Å². The molecule has 0 spiro atoms. The summed E-state index contributed by atoms with van der Waals surface area (Å²) in [6.07, 6.45) is 0.00999. The van der Waals surface area contributed by atoms with Crippen LogP contribution in [0.3, 0.4) is 0 Å². The monoisotopic (exact) mass is 370 g/mol. The van der Waals surface area contributed by atoms with E-state index in [2.05, 4.69) is 10.5 Å². The van der Waals surface area contributed by atoms with Crippen LogP contribution >= 0.6 is 0 Å². The highest BCUT2D eigenvalue weighted by atomic mass is 19.1. The Labute approximate surface area is 155 Å². The van der Waals surface area contributed by atoms with Gasteiger partial charge in [0.2, 0.25) is 11.8 Å². The Morgan fingerprint density at radius 3 is 2.59 bits per heavy atom. The summed E-state index contributed by atoms with van der Waals surface area (Å²) in [4.78, 5) is 21.4. The van der Waals surface area contributed by atoms with Crippen molar-refractivity contribution in [1.29, 1.82) is 0 Å². The van der Waals surface area contributed by atoms with E-state index < -0.39 is 0 Å². The first kappa shape index (κ1) is 18.6. The molecular formula is C20H19FN2O4. The van der Waals surface area contributed by atoms with Crippen molar-refractivity contribution >= 4 is 5.91 Å². The van der Waals surface area contributed by atoms with Gasteiger partial charge in [-0.3, -0.25) is 9.63 Å². The lowest BCUT2D eigenvalue weighted by Crippen LogP contribution is -2.27. The second-order valence-corrected chi connectivity index (χ2v) is 5.74. The quantitative estimate of drug-likeness (QED) is 0.486. The zero-order chi connectivity index (χ0) is 19.1. The number of aromatic nitrogens is 1. The molecule has 0 unspecified atom stereocenters. The number of oxazole rings is 1. The summed E-state index contributed by atoms with van der Waals surface area (Å²) in [5.41, 5.74) is 3.49. The number of hydroxylamine groups is 1. The molecular weight excluding hydrogens is 351 g/mol. The maximum atomic E-state index is 13.0. The van der Waals surface area contributed by atoms with Crippen molar-refractivity contribution in [3.8, 4) is 17.2 Å². The van der Waals surface area contributed by atoms with Crippen molar-refractivity contribution in [2.45, 2.75) is 13.3 Å². The summed E-state index contributed by atoms with van der Waals surface area (Å²) in [7, 11) is 0. The smallest absolute Gasteiger partial charge is 0.249 e. The molecule has 7 heteroatoms. The molecule has 1 amide bonds. The van der Waals surface area contributed by atoms with Crippen molar-refractivity contribution in [3.05, 3.63) is 71.9 Å². The second kappa shape index (κ2) is 8.95. The van der Waals surface area contributed by atoms with Crippen molar-refractivity contribution < 1.29 is 23.2 Å². The molecule has 0 aliphatic heterocycles. The predicted octanol–water partition coefficient (Wildman–Crippen LogP) is 3.46. The standard InChI is InChI=1S/C20H19FN2O4/c1-14-18(22-20(27-14)15-7-9-16(21)10-8-15)13-19(24)23-26-12-11-25-17-5-3-2-4-6-17/h2-10H,11-13H2,1H3,(H,23,24). The Morgan fingerprint density at radius 1 is 1.11 bits per heavy atom. The number of hydrogen-bond acceptors (Lipinski definition) is 5. The summed E-state index contributed by atoms with van der Waals surface area (Å²) in [6, 6.07) is 15.1. The molecule has 0 aliphatic rings. The van der Waals surface area contributed by atoms with Crippen LogP contribution < -0.4 is 10.2 Å². The number of nitrogens with one attached hydrogen (secondary N) is 1. The van der Waals surface area contributed by atoms with E-state index >= 15 is 0 Å². The third-order valence-corrected chi connectivity index (χ3v) is 3.70. The van der Waals surface area contributed by atoms with Crippen LogP contribution in [0.4, 0.5) is 4.39 Å². The summed E-state index contributed by atoms with van der Waals surface area (Å²) in [5.74, 6) is 0.912. The van der Waals surface area contributed by atoms with Gasteiger partial charge in [0, 0.05) is 5.56 Å². The fourth-order valence-electron chi connectivity index (χ4n) is 2.35. The van der Waals surface area contributed by atoms with E-state index in [0.29, 0.717) is 29.5 Å². The Kier molecular flexibility index (Phi) is 6.17. The number of aryl methyl sites for hydroxylation is 1. The number of para-hydroxylation sites is 1. The van der Waals surface area contributed by atoms with Gasteiger partial charge in [0.25, 0.3) is 0 Å². The van der Waals surface area contributed by atoms with Crippen LogP contribution in [0.25, 0.3) is 11.5 Å². The maximum Gasteiger partial charge on any atom is 0.249 e. The van der Waals surface area contributed by atoms with Crippen LogP contribution in [-0.4, -0.2) is 24.1 Å². The minimum Gasteiger partial charge on any atom is -0.491 e. The minimum absolute atomic E-state index is 0.00999. The Balaban J connectivity index is 1.44. The Bertz CT molecular complexity index is 879. The van der Waals surface area contributed by atoms with Crippen LogP contribution in [0.5, 0.6) is 5.75 Å². The summed E-state index contributed by atoms with van der Waals surface area (Å²) in [5, 5.41) is 0. The molecule has 0 saturated heterocycles. The normalized spacial score (nSPS) is 10.6. The van der Waals surface area contributed by atoms with Crippen molar-refractivity contribution in [2.75, 3.05) is 13.2 Å². The molecule has 2 aromatic carbocycles. The molecule has 3 rings (SSSR count). The molecule has 0 saturated carbocycles. The van der Waals surface area contributed by atoms with E-state index in [4.69, 9.17) is 14.0 Å². The van der Waals surface area contributed by atoms with E-state index in [1.165, 1.54) is 12.1 Å². The summed E-state index contributed by atoms with van der Waals surface area (Å²) >= 11 is 0. The Morgan fingerprint density at radius 2 is 1.85 bits per heavy atom. The van der Waals surface area contributed by atoms with Crippen molar-refractivity contribution in [3.63, 3.8) is 0 Å². The number of ether oxygens (including phenoxy) is 1. The molecule has 140 valence electrons. The zero-order valence-electron chi connectivity index (χ0n) is 14.8. The van der Waals surface area contributed by atoms with Gasteiger partial charge in [-0.05, 0) is 43.3 Å². The lowest BCUT2D eigenvalue weighted by atomic mass is 10.2. The molecule has 1 N–H and O–H groups in total. The average molecular weight is 370 g/mol. The van der Waals surface area contributed by atoms with Crippen molar-refractivity contribution in [1.82, 2.24) is 10.5 Å². The first-order valence-corrected chi connectivity index (χ1v) is 8.42. The highest BCUT2D eigenvalue weighted by Crippen LogP contribution is 2.22. The van der Waals surface area contributed by atoms with Gasteiger partial charge in [0.15, 0.2) is 0 Å². The van der Waals surface area contributed by atoms with Crippen LogP contribution in [0.15, 0.2) is 59.0 Å². The predicted molar refractivity (Wildman–Crippen MR) is 96.4 cm³/mol. The SMILES string of the molecule is Cc1oc(-c2ccc(F)cc2)nc1CC(=O)NOCCOc1ccccc1. The van der Waals surface area contributed by atoms with Gasteiger partial charge in [-0.15, -0.1) is 0 Å². The number of carbonyl (C=O) groups excluding carboxylic acids is 1. The van der Waals surface area contributed by atoms with E-state index in [1.807, 2.05) is 30.3 Å². The van der Waals surface area contributed by atoms with Crippen LogP contribution in [0.2, 0.25) is 0 Å². The van der Waals surface area contributed by atoms with Gasteiger partial charge in [0.1, 0.15) is 30.5 Å². The number of amides is 1. The van der Waals surface area contributed by atoms with Crippen LogP contribution in [-0.2, 0) is 16.1 Å². The first-order chi connectivity index (χ1) is 13.1. The Hall–Kier alpha value is -3.19. The fourth-order valence-corrected chi connectivity index (χ4v) is 2.35. The third-order valence-electron chi connectivity index (χ3n) is 3.70. The minimum atomic E-state index is -0.350. The molecule has 6 nitrogen and oxygen atoms in total. The van der Waals surface area contributed by atoms with Gasteiger partial charge < -0.3 is 9.15 Å². The molecule has 0 radical (unpaired) electrons. The molecule has 0 aliphatic carbocycles. The van der Waals surface area contributed by atoms with Crippen LogP contribution in [0, 0.1) is 12.7 Å². The van der Waals surface area contributed by atoms with Gasteiger partial charge in [0.05, 0.1) is 12.1 Å². The lowest BCUT2D eigenvalue weighted by molar-refractivity contribution is -0.133. The third kappa shape index (κ3) is 5.39. The molecule has 3 aromatic rings. The highest BCUT2D eigenvalue weighted by molar-refractivity contribution is 5.77. The zero-order valence-corrected chi connectivity index (χ0v) is 14.8. The molecule has 0 bridgehead atoms. The summed E-state index contributed by atoms with van der Waals surface area (Å²) in [6.45, 7) is 2.23. The van der Waals surface area contributed by atoms with Gasteiger partial charge in [-0.1, -0.05) is 18.2 Å². The number of hydrogen-bond donors (Lipinski definition) is 1. The second-order valence-electron chi connectivity index (χ2n) is 5.74. The average Bonchev–Trinajstić information content (AvgIpc) is 3.03.